The summed E-state index contributed by atoms with van der Waals surface area (Å²) in [6.07, 6.45) is 4.97. The number of amides is 2. The minimum absolute atomic E-state index is 0.0894. The van der Waals surface area contributed by atoms with Crippen LogP contribution in [0.15, 0.2) is 54.6 Å². The summed E-state index contributed by atoms with van der Waals surface area (Å²) in [5.41, 5.74) is 2.60. The maximum absolute atomic E-state index is 12.3. The van der Waals surface area contributed by atoms with Crippen LogP contribution >= 0.6 is 0 Å². The molecule has 0 atom stereocenters. The van der Waals surface area contributed by atoms with Crippen molar-refractivity contribution in [3.8, 4) is 11.4 Å². The van der Waals surface area contributed by atoms with Crippen LogP contribution in [0.25, 0.3) is 11.4 Å². The Bertz CT molecular complexity index is 1050. The predicted octanol–water partition coefficient (Wildman–Crippen LogP) is 3.36. The Morgan fingerprint density at radius 1 is 0.935 bits per heavy atom. The minimum Gasteiger partial charge on any atom is -0.355 e. The van der Waals surface area contributed by atoms with E-state index in [0.29, 0.717) is 18.7 Å². The topological polar surface area (TPSA) is 88.9 Å². The van der Waals surface area contributed by atoms with E-state index in [2.05, 4.69) is 25.4 Å². The molecule has 2 heterocycles. The van der Waals surface area contributed by atoms with Gasteiger partial charge >= 0.3 is 0 Å². The summed E-state index contributed by atoms with van der Waals surface area (Å²) < 4.78 is 2.19. The van der Waals surface area contributed by atoms with Gasteiger partial charge in [0.15, 0.2) is 5.82 Å². The van der Waals surface area contributed by atoms with Crippen molar-refractivity contribution in [1.29, 1.82) is 0 Å². The molecule has 3 aromatic rings. The number of hydrogen-bond donors (Lipinski definition) is 2. The van der Waals surface area contributed by atoms with Gasteiger partial charge in [0, 0.05) is 37.2 Å². The van der Waals surface area contributed by atoms with E-state index in [-0.39, 0.29) is 18.2 Å². The number of hydrogen-bond acceptors (Lipinski definition) is 4. The van der Waals surface area contributed by atoms with Gasteiger partial charge in [0.25, 0.3) is 0 Å². The average Bonchev–Trinajstić information content (AvgIpc) is 3.03. The molecule has 0 bridgehead atoms. The maximum Gasteiger partial charge on any atom is 0.226 e. The highest BCUT2D eigenvalue weighted by Gasteiger charge is 2.16. The van der Waals surface area contributed by atoms with Gasteiger partial charge in [-0.15, -0.1) is 10.2 Å². The standard InChI is InChI=1S/C24H27N5O2/c30-22(13-14-25-23(31)16-18-8-3-1-4-9-18)26-20-11-7-10-19(17-20)24-28-27-21-12-5-2-6-15-29(21)24/h1,3-4,7-11,17H,2,5-6,12-16H2,(H,25,31)(H,26,30). The minimum atomic E-state index is -0.141. The Hall–Kier alpha value is -3.48. The highest BCUT2D eigenvalue weighted by Crippen LogP contribution is 2.24. The van der Waals surface area contributed by atoms with Crippen molar-refractivity contribution < 1.29 is 9.59 Å². The number of aryl methyl sites for hydroxylation is 1. The van der Waals surface area contributed by atoms with E-state index < -0.39 is 0 Å². The molecule has 2 aromatic carbocycles. The van der Waals surface area contributed by atoms with Crippen molar-refractivity contribution in [2.24, 2.45) is 0 Å². The molecular formula is C24H27N5O2. The quantitative estimate of drug-likeness (QED) is 0.617. The van der Waals surface area contributed by atoms with E-state index in [1.54, 1.807) is 0 Å². The fraction of sp³-hybridized carbons (Fsp3) is 0.333. The largest absolute Gasteiger partial charge is 0.355 e. The van der Waals surface area contributed by atoms with Crippen LogP contribution in [-0.4, -0.2) is 33.1 Å². The monoisotopic (exact) mass is 417 g/mol. The zero-order chi connectivity index (χ0) is 21.5. The van der Waals surface area contributed by atoms with Gasteiger partial charge in [-0.25, -0.2) is 0 Å². The Morgan fingerprint density at radius 2 is 1.81 bits per heavy atom. The van der Waals surface area contributed by atoms with Gasteiger partial charge < -0.3 is 15.2 Å². The number of benzene rings is 2. The molecule has 2 amide bonds. The normalized spacial score (nSPS) is 13.2. The lowest BCUT2D eigenvalue weighted by Gasteiger charge is -2.10. The zero-order valence-corrected chi connectivity index (χ0v) is 17.5. The molecule has 7 nitrogen and oxygen atoms in total. The van der Waals surface area contributed by atoms with Crippen LogP contribution in [0.2, 0.25) is 0 Å². The molecule has 4 rings (SSSR count). The Balaban J connectivity index is 1.30. The summed E-state index contributed by atoms with van der Waals surface area (Å²) >= 11 is 0. The molecule has 0 saturated carbocycles. The Morgan fingerprint density at radius 3 is 2.68 bits per heavy atom. The first kappa shape index (κ1) is 20.8. The molecule has 160 valence electrons. The Kier molecular flexibility index (Phi) is 6.72. The summed E-state index contributed by atoms with van der Waals surface area (Å²) in [4.78, 5) is 24.3. The van der Waals surface area contributed by atoms with Crippen molar-refractivity contribution >= 4 is 17.5 Å². The summed E-state index contributed by atoms with van der Waals surface area (Å²) in [7, 11) is 0. The lowest BCUT2D eigenvalue weighted by Crippen LogP contribution is -2.28. The second-order valence-corrected chi connectivity index (χ2v) is 7.79. The van der Waals surface area contributed by atoms with Crippen molar-refractivity contribution in [3.63, 3.8) is 0 Å². The summed E-state index contributed by atoms with van der Waals surface area (Å²) in [6, 6.07) is 17.2. The van der Waals surface area contributed by atoms with Crippen LogP contribution in [0.1, 0.15) is 37.1 Å². The SMILES string of the molecule is O=C(Cc1ccccc1)NCCC(=O)Nc1cccc(-c2nnc3n2CCCCC3)c1. The molecular weight excluding hydrogens is 390 g/mol. The van der Waals surface area contributed by atoms with Crippen LogP contribution in [-0.2, 0) is 29.0 Å². The molecule has 2 N–H and O–H groups in total. The van der Waals surface area contributed by atoms with Gasteiger partial charge in [0.05, 0.1) is 6.42 Å². The van der Waals surface area contributed by atoms with Crippen molar-refractivity contribution in [2.75, 3.05) is 11.9 Å². The molecule has 1 aromatic heterocycles. The maximum atomic E-state index is 12.3. The van der Waals surface area contributed by atoms with E-state index in [1.165, 1.54) is 6.42 Å². The number of nitrogens with one attached hydrogen (secondary N) is 2. The molecule has 31 heavy (non-hydrogen) atoms. The van der Waals surface area contributed by atoms with E-state index >= 15 is 0 Å². The van der Waals surface area contributed by atoms with Crippen LogP contribution in [0.4, 0.5) is 5.69 Å². The predicted molar refractivity (Wildman–Crippen MR) is 119 cm³/mol. The third-order valence-electron chi connectivity index (χ3n) is 5.40. The lowest BCUT2D eigenvalue weighted by atomic mass is 10.1. The number of carbonyl (C=O) groups excluding carboxylic acids is 2. The van der Waals surface area contributed by atoms with Crippen molar-refractivity contribution in [3.05, 3.63) is 66.0 Å². The molecule has 0 aliphatic carbocycles. The first-order valence-corrected chi connectivity index (χ1v) is 10.8. The van der Waals surface area contributed by atoms with E-state index in [0.717, 1.165) is 48.6 Å². The highest BCUT2D eigenvalue weighted by atomic mass is 16.2. The number of fused-ring (bicyclic) bond motifs is 1. The molecule has 1 aliphatic rings. The number of aromatic nitrogens is 3. The smallest absolute Gasteiger partial charge is 0.226 e. The first-order valence-electron chi connectivity index (χ1n) is 10.8. The van der Waals surface area contributed by atoms with Crippen molar-refractivity contribution in [1.82, 2.24) is 20.1 Å². The van der Waals surface area contributed by atoms with Gasteiger partial charge in [-0.1, -0.05) is 48.9 Å². The van der Waals surface area contributed by atoms with Crippen LogP contribution in [0, 0.1) is 0 Å². The lowest BCUT2D eigenvalue weighted by molar-refractivity contribution is -0.120. The molecule has 0 saturated heterocycles. The van der Waals surface area contributed by atoms with Crippen LogP contribution in [0.3, 0.4) is 0 Å². The zero-order valence-electron chi connectivity index (χ0n) is 17.5. The van der Waals surface area contributed by atoms with Gasteiger partial charge in [0.2, 0.25) is 11.8 Å². The van der Waals surface area contributed by atoms with Crippen LogP contribution < -0.4 is 10.6 Å². The van der Waals surface area contributed by atoms with Crippen molar-refractivity contribution in [2.45, 2.75) is 45.1 Å². The number of carbonyl (C=O) groups is 2. The molecule has 1 aliphatic heterocycles. The summed E-state index contributed by atoms with van der Waals surface area (Å²) in [5.74, 6) is 1.65. The first-order chi connectivity index (χ1) is 15.2. The molecule has 0 unspecified atom stereocenters. The highest BCUT2D eigenvalue weighted by molar-refractivity contribution is 5.91. The molecule has 0 radical (unpaired) electrons. The van der Waals surface area contributed by atoms with E-state index in [4.69, 9.17) is 0 Å². The fourth-order valence-electron chi connectivity index (χ4n) is 3.82. The second kappa shape index (κ2) is 10.0. The number of rotatable bonds is 7. The van der Waals surface area contributed by atoms with Crippen LogP contribution in [0.5, 0.6) is 0 Å². The third-order valence-corrected chi connectivity index (χ3v) is 5.40. The molecule has 0 fully saturated rings. The van der Waals surface area contributed by atoms with Gasteiger partial charge in [-0.3, -0.25) is 9.59 Å². The van der Waals surface area contributed by atoms with Gasteiger partial charge in [-0.05, 0) is 30.5 Å². The molecule has 7 heteroatoms. The average molecular weight is 418 g/mol. The molecule has 0 spiro atoms. The third kappa shape index (κ3) is 5.57. The van der Waals surface area contributed by atoms with Gasteiger partial charge in [-0.2, -0.15) is 0 Å². The van der Waals surface area contributed by atoms with E-state index in [9.17, 15) is 9.59 Å². The van der Waals surface area contributed by atoms with Gasteiger partial charge in [0.1, 0.15) is 5.82 Å². The summed E-state index contributed by atoms with van der Waals surface area (Å²) in [6.45, 7) is 1.23. The number of anilines is 1. The Labute approximate surface area is 181 Å². The fourth-order valence-corrected chi connectivity index (χ4v) is 3.82. The summed E-state index contributed by atoms with van der Waals surface area (Å²) in [5, 5.41) is 14.5. The van der Waals surface area contributed by atoms with E-state index in [1.807, 2.05) is 54.6 Å². The number of nitrogens with zero attached hydrogens (tertiary/aromatic N) is 3. The second-order valence-electron chi connectivity index (χ2n) is 7.79.